The Morgan fingerprint density at radius 2 is 1.92 bits per heavy atom. The van der Waals surface area contributed by atoms with Crippen LogP contribution in [0.1, 0.15) is 46.2 Å². The molecule has 4 aromatic rings. The van der Waals surface area contributed by atoms with Gasteiger partial charge in [-0.25, -0.2) is 28.1 Å². The van der Waals surface area contributed by atoms with E-state index in [4.69, 9.17) is 16.3 Å². The minimum atomic E-state index is -2.76. The molecule has 198 valence electrons. The highest BCUT2D eigenvalue weighted by atomic mass is 35.5. The smallest absolute Gasteiger partial charge is 0.281 e. The Morgan fingerprint density at radius 1 is 1.13 bits per heavy atom. The highest BCUT2D eigenvalue weighted by Gasteiger charge is 2.32. The molecule has 1 atom stereocenters. The van der Waals surface area contributed by atoms with Crippen LogP contribution in [0.5, 0.6) is 5.88 Å². The number of nitrogens with zero attached hydrogens (tertiary/aromatic N) is 4. The summed E-state index contributed by atoms with van der Waals surface area (Å²) in [5, 5.41) is 3.47. The molecule has 12 heteroatoms. The van der Waals surface area contributed by atoms with Crippen molar-refractivity contribution in [3.8, 4) is 5.88 Å². The fourth-order valence-electron chi connectivity index (χ4n) is 4.59. The molecular weight excluding hydrogens is 539 g/mol. The monoisotopic (exact) mass is 561 g/mol. The molecular formula is C26H23ClF3N5O2S. The number of piperidine rings is 1. The normalized spacial score (nSPS) is 15.6. The number of likely N-dealkylation sites (tertiary alicyclic amines) is 1. The number of amides is 1. The topological polar surface area (TPSA) is 80.2 Å². The van der Waals surface area contributed by atoms with E-state index in [0.29, 0.717) is 36.7 Å². The number of alkyl halides is 2. The molecule has 38 heavy (non-hydrogen) atoms. The van der Waals surface area contributed by atoms with Crippen LogP contribution in [-0.2, 0) is 0 Å². The van der Waals surface area contributed by atoms with Gasteiger partial charge >= 0.3 is 0 Å². The van der Waals surface area contributed by atoms with E-state index in [1.54, 1.807) is 0 Å². The number of ether oxygens (including phenoxy) is 1. The third-order valence-electron chi connectivity index (χ3n) is 6.48. The Bertz CT molecular complexity index is 1410. The van der Waals surface area contributed by atoms with Crippen LogP contribution < -0.4 is 10.1 Å². The zero-order valence-electron chi connectivity index (χ0n) is 20.0. The maximum atomic E-state index is 14.3. The number of rotatable bonds is 8. The van der Waals surface area contributed by atoms with E-state index in [1.165, 1.54) is 24.0 Å². The number of aromatic nitrogens is 3. The van der Waals surface area contributed by atoms with Crippen molar-refractivity contribution in [2.24, 2.45) is 0 Å². The van der Waals surface area contributed by atoms with E-state index in [1.807, 2.05) is 29.2 Å². The zero-order valence-corrected chi connectivity index (χ0v) is 21.6. The number of fused-ring (bicyclic) bond motifs is 1. The summed E-state index contributed by atoms with van der Waals surface area (Å²) in [6.07, 6.45) is -0.200. The van der Waals surface area contributed by atoms with Crippen LogP contribution in [0.4, 0.5) is 13.2 Å². The van der Waals surface area contributed by atoms with Crippen molar-refractivity contribution in [2.75, 3.05) is 19.6 Å². The molecule has 0 aliphatic carbocycles. The summed E-state index contributed by atoms with van der Waals surface area (Å²) in [6, 6.07) is 10.9. The molecule has 0 bridgehead atoms. The predicted molar refractivity (Wildman–Crippen MR) is 138 cm³/mol. The highest BCUT2D eigenvalue weighted by molar-refractivity contribution is 7.09. The van der Waals surface area contributed by atoms with Gasteiger partial charge in [0, 0.05) is 19.6 Å². The first-order chi connectivity index (χ1) is 18.4. The van der Waals surface area contributed by atoms with Crippen molar-refractivity contribution >= 4 is 39.7 Å². The van der Waals surface area contributed by atoms with Crippen LogP contribution in [0.3, 0.4) is 0 Å². The van der Waals surface area contributed by atoms with Gasteiger partial charge in [-0.15, -0.1) is 11.3 Å². The van der Waals surface area contributed by atoms with Crippen molar-refractivity contribution in [1.82, 2.24) is 25.2 Å². The van der Waals surface area contributed by atoms with E-state index in [0.717, 1.165) is 28.3 Å². The number of hydrogen-bond acceptors (Lipinski definition) is 7. The molecule has 1 amide bonds. The fraction of sp³-hybridized carbons (Fsp3) is 0.308. The van der Waals surface area contributed by atoms with E-state index in [-0.39, 0.29) is 28.9 Å². The number of hydrogen-bond donors (Lipinski definition) is 1. The summed E-state index contributed by atoms with van der Waals surface area (Å²) in [7, 11) is 0. The lowest BCUT2D eigenvalue weighted by molar-refractivity contribution is 0.0689. The van der Waals surface area contributed by atoms with Gasteiger partial charge in [0.25, 0.3) is 12.3 Å². The van der Waals surface area contributed by atoms with Crippen molar-refractivity contribution < 1.29 is 22.7 Å². The van der Waals surface area contributed by atoms with Crippen LogP contribution in [0.2, 0.25) is 5.02 Å². The van der Waals surface area contributed by atoms with E-state index in [2.05, 4.69) is 20.3 Å². The van der Waals surface area contributed by atoms with Crippen molar-refractivity contribution in [3.63, 3.8) is 0 Å². The quantitative estimate of drug-likeness (QED) is 0.291. The molecule has 1 aliphatic heterocycles. The van der Waals surface area contributed by atoms with Crippen molar-refractivity contribution in [1.29, 1.82) is 0 Å². The van der Waals surface area contributed by atoms with E-state index in [9.17, 15) is 18.0 Å². The SMILES string of the molecule is O=C(NCC(c1scnc1C(F)F)N1CCC(Oc2ncnc3ccccc23)CC1)c1c(F)cccc1Cl. The molecule has 2 aromatic carbocycles. The largest absolute Gasteiger partial charge is 0.474 e. The molecule has 1 aliphatic rings. The lowest BCUT2D eigenvalue weighted by atomic mass is 10.0. The van der Waals surface area contributed by atoms with Gasteiger partial charge in [0.15, 0.2) is 0 Å². The molecule has 7 nitrogen and oxygen atoms in total. The highest BCUT2D eigenvalue weighted by Crippen LogP contribution is 2.35. The predicted octanol–water partition coefficient (Wildman–Crippen LogP) is 5.83. The fourth-order valence-corrected chi connectivity index (χ4v) is 5.78. The minimum absolute atomic E-state index is 0.0204. The number of nitrogens with one attached hydrogen (secondary N) is 1. The van der Waals surface area contributed by atoms with Crippen molar-refractivity contribution in [2.45, 2.75) is 31.4 Å². The number of benzene rings is 2. The summed E-state index contributed by atoms with van der Waals surface area (Å²) in [5.74, 6) is -0.968. The molecule has 0 saturated carbocycles. The Hall–Kier alpha value is -3.28. The van der Waals surface area contributed by atoms with Gasteiger partial charge < -0.3 is 10.1 Å². The van der Waals surface area contributed by atoms with Gasteiger partial charge in [0.05, 0.1) is 37.9 Å². The second kappa shape index (κ2) is 11.6. The molecule has 0 spiro atoms. The molecule has 1 saturated heterocycles. The van der Waals surface area contributed by atoms with Crippen LogP contribution in [0, 0.1) is 5.82 Å². The maximum Gasteiger partial charge on any atom is 0.281 e. The molecule has 1 N–H and O–H groups in total. The third-order valence-corrected chi connectivity index (χ3v) is 7.74. The van der Waals surface area contributed by atoms with Gasteiger partial charge in [-0.3, -0.25) is 9.69 Å². The first-order valence-corrected chi connectivity index (χ1v) is 13.2. The van der Waals surface area contributed by atoms with Gasteiger partial charge in [-0.1, -0.05) is 29.8 Å². The Labute approximate surface area is 225 Å². The summed E-state index contributed by atoms with van der Waals surface area (Å²) in [4.78, 5) is 27.6. The molecule has 3 heterocycles. The van der Waals surface area contributed by atoms with Crippen LogP contribution in [0.15, 0.2) is 54.3 Å². The van der Waals surface area contributed by atoms with Crippen LogP contribution in [-0.4, -0.2) is 51.5 Å². The molecule has 1 fully saturated rings. The number of halogens is 4. The first-order valence-electron chi connectivity index (χ1n) is 12.0. The number of carbonyl (C=O) groups excluding carboxylic acids is 1. The Kier molecular flexibility index (Phi) is 8.06. The third kappa shape index (κ3) is 5.59. The maximum absolute atomic E-state index is 14.3. The van der Waals surface area contributed by atoms with Gasteiger partial charge in [-0.2, -0.15) is 0 Å². The van der Waals surface area contributed by atoms with Crippen molar-refractivity contribution in [3.05, 3.63) is 81.3 Å². The summed E-state index contributed by atoms with van der Waals surface area (Å²) in [5.41, 5.74) is 1.56. The number of carbonyl (C=O) groups is 1. The zero-order chi connectivity index (χ0) is 26.6. The van der Waals surface area contributed by atoms with Crippen LogP contribution in [0.25, 0.3) is 10.9 Å². The van der Waals surface area contributed by atoms with E-state index >= 15 is 0 Å². The van der Waals surface area contributed by atoms with Crippen LogP contribution >= 0.6 is 22.9 Å². The Balaban J connectivity index is 1.31. The lowest BCUT2D eigenvalue weighted by Gasteiger charge is -2.37. The molecule has 5 rings (SSSR count). The summed E-state index contributed by atoms with van der Waals surface area (Å²) in [6.45, 7) is 1.03. The number of para-hydroxylation sites is 1. The average molecular weight is 562 g/mol. The second-order valence-corrected chi connectivity index (χ2v) is 10.1. The standard InChI is InChI=1S/C26H23ClF3N5O2S/c27-17-5-3-6-18(28)21(17)25(36)31-12-20(23-22(24(29)30)34-14-38-23)35-10-8-15(9-11-35)37-26-16-4-1-2-7-19(16)32-13-33-26/h1-7,13-15,20,24H,8-12H2,(H,31,36). The number of thiazole rings is 1. The van der Waals surface area contributed by atoms with Gasteiger partial charge in [0.1, 0.15) is 23.9 Å². The summed E-state index contributed by atoms with van der Waals surface area (Å²) < 4.78 is 47.9. The molecule has 0 radical (unpaired) electrons. The van der Waals surface area contributed by atoms with E-state index < -0.39 is 24.2 Å². The van der Waals surface area contributed by atoms with Gasteiger partial charge in [0.2, 0.25) is 5.88 Å². The average Bonchev–Trinajstić information content (AvgIpc) is 3.40. The van der Waals surface area contributed by atoms with Gasteiger partial charge in [-0.05, 0) is 37.1 Å². The first kappa shape index (κ1) is 26.3. The Morgan fingerprint density at radius 3 is 2.68 bits per heavy atom. The second-order valence-electron chi connectivity index (χ2n) is 8.77. The molecule has 1 unspecified atom stereocenters. The minimum Gasteiger partial charge on any atom is -0.474 e. The lowest BCUT2D eigenvalue weighted by Crippen LogP contribution is -2.44. The molecule has 2 aromatic heterocycles. The summed E-state index contributed by atoms with van der Waals surface area (Å²) >= 11 is 7.14.